The van der Waals surface area contributed by atoms with Gasteiger partial charge in [0.25, 0.3) is 5.76 Å². The number of nitrogens with zero attached hydrogens (tertiary/aromatic N) is 2. The van der Waals surface area contributed by atoms with E-state index in [0.29, 0.717) is 44.3 Å². The standard InChI is InChI=1S/C15H18F2N4OS3/c1-9(2)7-18-12(22)8-23-15-21-20-14(25-15)19-10-3-5-11(6-4-10)24-13(16)17/h3-6,9,13H,7-8H2,1-2H3,(H,18,22)(H,19,20). The molecule has 1 aromatic carbocycles. The molecule has 136 valence electrons. The molecule has 2 aromatic rings. The van der Waals surface area contributed by atoms with Crippen LogP contribution in [0.3, 0.4) is 0 Å². The van der Waals surface area contributed by atoms with Crippen LogP contribution < -0.4 is 10.6 Å². The van der Waals surface area contributed by atoms with Crippen LogP contribution >= 0.6 is 34.9 Å². The van der Waals surface area contributed by atoms with E-state index >= 15 is 0 Å². The fourth-order valence-electron chi connectivity index (χ4n) is 1.66. The molecule has 0 saturated heterocycles. The van der Waals surface area contributed by atoms with Crippen molar-refractivity contribution in [3.05, 3.63) is 24.3 Å². The number of rotatable bonds is 9. The van der Waals surface area contributed by atoms with E-state index < -0.39 is 5.76 Å². The quantitative estimate of drug-likeness (QED) is 0.602. The van der Waals surface area contributed by atoms with E-state index in [-0.39, 0.29) is 5.91 Å². The molecule has 0 radical (unpaired) electrons. The van der Waals surface area contributed by atoms with Gasteiger partial charge in [-0.2, -0.15) is 8.78 Å². The van der Waals surface area contributed by atoms with Crippen LogP contribution in [-0.2, 0) is 4.79 Å². The lowest BCUT2D eigenvalue weighted by molar-refractivity contribution is -0.118. The lowest BCUT2D eigenvalue weighted by Crippen LogP contribution is -2.28. The van der Waals surface area contributed by atoms with E-state index in [2.05, 4.69) is 20.8 Å². The zero-order valence-corrected chi connectivity index (χ0v) is 16.1. The molecule has 5 nitrogen and oxygen atoms in total. The topological polar surface area (TPSA) is 66.9 Å². The Morgan fingerprint density at radius 2 is 1.96 bits per heavy atom. The molecule has 25 heavy (non-hydrogen) atoms. The maximum Gasteiger partial charge on any atom is 0.288 e. The highest BCUT2D eigenvalue weighted by Gasteiger charge is 2.09. The van der Waals surface area contributed by atoms with Gasteiger partial charge >= 0.3 is 0 Å². The number of alkyl halides is 2. The summed E-state index contributed by atoms with van der Waals surface area (Å²) < 4.78 is 25.3. The number of amides is 1. The SMILES string of the molecule is CC(C)CNC(=O)CSc1nnc(Nc2ccc(SC(F)F)cc2)s1. The van der Waals surface area contributed by atoms with E-state index in [1.807, 2.05) is 13.8 Å². The predicted molar refractivity (Wildman–Crippen MR) is 100 cm³/mol. The summed E-state index contributed by atoms with van der Waals surface area (Å²) in [7, 11) is 0. The first-order chi connectivity index (χ1) is 11.9. The molecule has 1 heterocycles. The Morgan fingerprint density at radius 3 is 2.60 bits per heavy atom. The van der Waals surface area contributed by atoms with Crippen LogP contribution in [0.4, 0.5) is 19.6 Å². The Kier molecular flexibility index (Phi) is 7.91. The lowest BCUT2D eigenvalue weighted by Gasteiger charge is -2.06. The van der Waals surface area contributed by atoms with Crippen molar-refractivity contribution in [1.29, 1.82) is 0 Å². The summed E-state index contributed by atoms with van der Waals surface area (Å²) in [5, 5.41) is 14.5. The molecule has 1 aromatic heterocycles. The van der Waals surface area contributed by atoms with Gasteiger partial charge in [-0.25, -0.2) is 0 Å². The van der Waals surface area contributed by atoms with Gasteiger partial charge in [0.05, 0.1) is 5.75 Å². The summed E-state index contributed by atoms with van der Waals surface area (Å²) in [6, 6.07) is 6.65. The lowest BCUT2D eigenvalue weighted by atomic mass is 10.2. The van der Waals surface area contributed by atoms with Gasteiger partial charge in [-0.1, -0.05) is 48.7 Å². The molecule has 0 aliphatic rings. The predicted octanol–water partition coefficient (Wildman–Crippen LogP) is 4.46. The van der Waals surface area contributed by atoms with Gasteiger partial charge in [0.15, 0.2) is 4.34 Å². The van der Waals surface area contributed by atoms with Gasteiger partial charge in [-0.05, 0) is 30.2 Å². The van der Waals surface area contributed by atoms with Crippen LogP contribution in [0.2, 0.25) is 0 Å². The van der Waals surface area contributed by atoms with Crippen LogP contribution in [0.25, 0.3) is 0 Å². The summed E-state index contributed by atoms with van der Waals surface area (Å²) in [5.41, 5.74) is 0.737. The van der Waals surface area contributed by atoms with E-state index in [4.69, 9.17) is 0 Å². The Balaban J connectivity index is 1.81. The molecule has 10 heteroatoms. The molecule has 0 spiro atoms. The number of thioether (sulfide) groups is 2. The van der Waals surface area contributed by atoms with Crippen molar-refractivity contribution < 1.29 is 13.6 Å². The number of hydrogen-bond acceptors (Lipinski definition) is 7. The second-order valence-corrected chi connectivity index (χ2v) is 8.65. The van der Waals surface area contributed by atoms with Gasteiger partial charge in [0, 0.05) is 17.1 Å². The first-order valence-corrected chi connectivity index (χ1v) is 10.2. The molecule has 0 atom stereocenters. The summed E-state index contributed by atoms with van der Waals surface area (Å²) in [5.74, 6) is -1.76. The summed E-state index contributed by atoms with van der Waals surface area (Å²) >= 11 is 3.17. The summed E-state index contributed by atoms with van der Waals surface area (Å²) in [6.45, 7) is 4.73. The maximum absolute atomic E-state index is 12.3. The van der Waals surface area contributed by atoms with Crippen LogP contribution in [0, 0.1) is 5.92 Å². The van der Waals surface area contributed by atoms with E-state index in [0.717, 1.165) is 5.69 Å². The highest BCUT2D eigenvalue weighted by molar-refractivity contribution is 8.01. The summed E-state index contributed by atoms with van der Waals surface area (Å²) in [4.78, 5) is 12.2. The smallest absolute Gasteiger partial charge is 0.288 e. The van der Waals surface area contributed by atoms with Crippen molar-refractivity contribution in [2.75, 3.05) is 17.6 Å². The zero-order chi connectivity index (χ0) is 18.2. The third-order valence-electron chi connectivity index (χ3n) is 2.77. The van der Waals surface area contributed by atoms with Crippen LogP contribution in [0.1, 0.15) is 13.8 Å². The monoisotopic (exact) mass is 404 g/mol. The third kappa shape index (κ3) is 7.57. The zero-order valence-electron chi connectivity index (χ0n) is 13.7. The first kappa shape index (κ1) is 19.9. The Labute approximate surface area is 157 Å². The molecule has 1 amide bonds. The normalized spacial score (nSPS) is 11.1. The average molecular weight is 405 g/mol. The fraction of sp³-hybridized carbons (Fsp3) is 0.400. The Hall–Kier alpha value is -1.39. The van der Waals surface area contributed by atoms with Crippen molar-refractivity contribution in [3.63, 3.8) is 0 Å². The van der Waals surface area contributed by atoms with Gasteiger partial charge in [-0.15, -0.1) is 10.2 Å². The molecule has 0 bridgehead atoms. The average Bonchev–Trinajstić information content (AvgIpc) is 3.00. The summed E-state index contributed by atoms with van der Waals surface area (Å²) in [6.07, 6.45) is 0. The molecule has 0 unspecified atom stereocenters. The molecule has 0 saturated carbocycles. The van der Waals surface area contributed by atoms with Gasteiger partial charge in [0.1, 0.15) is 0 Å². The van der Waals surface area contributed by atoms with Crippen molar-refractivity contribution in [2.45, 2.75) is 28.8 Å². The second-order valence-electron chi connectivity index (χ2n) is 5.39. The van der Waals surface area contributed by atoms with Gasteiger partial charge in [0.2, 0.25) is 11.0 Å². The molecule has 0 aliphatic heterocycles. The molecule has 2 N–H and O–H groups in total. The number of benzene rings is 1. The van der Waals surface area contributed by atoms with Gasteiger partial charge in [-0.3, -0.25) is 4.79 Å². The fourth-order valence-corrected chi connectivity index (χ4v) is 3.76. The number of carbonyl (C=O) groups is 1. The minimum Gasteiger partial charge on any atom is -0.355 e. The molecule has 0 fully saturated rings. The number of aromatic nitrogens is 2. The Bertz CT molecular complexity index is 680. The third-order valence-corrected chi connectivity index (χ3v) is 5.47. The van der Waals surface area contributed by atoms with Gasteiger partial charge < -0.3 is 10.6 Å². The van der Waals surface area contributed by atoms with E-state index in [9.17, 15) is 13.6 Å². The highest BCUT2D eigenvalue weighted by atomic mass is 32.2. The molecular weight excluding hydrogens is 386 g/mol. The van der Waals surface area contributed by atoms with Crippen molar-refractivity contribution in [1.82, 2.24) is 15.5 Å². The Morgan fingerprint density at radius 1 is 1.24 bits per heavy atom. The van der Waals surface area contributed by atoms with Crippen molar-refractivity contribution in [3.8, 4) is 0 Å². The van der Waals surface area contributed by atoms with Crippen molar-refractivity contribution in [2.24, 2.45) is 5.92 Å². The van der Waals surface area contributed by atoms with Crippen LogP contribution in [0.5, 0.6) is 0 Å². The number of hydrogen-bond donors (Lipinski definition) is 2. The van der Waals surface area contributed by atoms with E-state index in [1.165, 1.54) is 23.1 Å². The van der Waals surface area contributed by atoms with Crippen LogP contribution in [-0.4, -0.2) is 34.2 Å². The molecular formula is C15H18F2N4OS3. The maximum atomic E-state index is 12.3. The number of nitrogens with one attached hydrogen (secondary N) is 2. The van der Waals surface area contributed by atoms with Crippen LogP contribution in [0.15, 0.2) is 33.5 Å². The number of anilines is 2. The highest BCUT2D eigenvalue weighted by Crippen LogP contribution is 2.29. The molecule has 0 aliphatic carbocycles. The first-order valence-electron chi connectivity index (χ1n) is 7.47. The van der Waals surface area contributed by atoms with E-state index in [1.54, 1.807) is 24.3 Å². The second kappa shape index (κ2) is 9.93. The number of halogens is 2. The largest absolute Gasteiger partial charge is 0.355 e. The number of carbonyl (C=O) groups excluding carboxylic acids is 1. The molecule has 2 rings (SSSR count). The minimum absolute atomic E-state index is 0.0319. The van der Waals surface area contributed by atoms with Crippen molar-refractivity contribution >= 4 is 51.6 Å². The minimum atomic E-state index is -2.43.